The van der Waals surface area contributed by atoms with Crippen LogP contribution in [0, 0.1) is 11.3 Å². The van der Waals surface area contributed by atoms with Crippen LogP contribution in [0.1, 0.15) is 32.1 Å². The molecular weight excluding hydrogens is 344 g/mol. The SMILES string of the molecule is COCC1(C(=O)O)CCN(C(=O)C2CSCN2C(=O)C2CCCC2)C1. The van der Waals surface area contributed by atoms with Crippen molar-refractivity contribution < 1.29 is 24.2 Å². The van der Waals surface area contributed by atoms with E-state index in [1.807, 2.05) is 0 Å². The molecule has 1 N–H and O–H groups in total. The molecule has 140 valence electrons. The molecule has 3 fully saturated rings. The third-order valence-corrected chi connectivity index (χ3v) is 6.71. The second-order valence-corrected chi connectivity index (χ2v) is 8.33. The van der Waals surface area contributed by atoms with E-state index >= 15 is 0 Å². The quantitative estimate of drug-likeness (QED) is 0.778. The van der Waals surface area contributed by atoms with Crippen molar-refractivity contribution in [1.29, 1.82) is 0 Å². The predicted molar refractivity (Wildman–Crippen MR) is 93.1 cm³/mol. The Hall–Kier alpha value is -1.28. The first-order valence-electron chi connectivity index (χ1n) is 8.88. The summed E-state index contributed by atoms with van der Waals surface area (Å²) in [7, 11) is 1.48. The van der Waals surface area contributed by atoms with E-state index in [2.05, 4.69) is 0 Å². The van der Waals surface area contributed by atoms with Gasteiger partial charge in [-0.15, -0.1) is 11.8 Å². The van der Waals surface area contributed by atoms with Gasteiger partial charge in [-0.05, 0) is 19.3 Å². The van der Waals surface area contributed by atoms with E-state index in [9.17, 15) is 19.5 Å². The summed E-state index contributed by atoms with van der Waals surface area (Å²) in [6.45, 7) is 0.652. The summed E-state index contributed by atoms with van der Waals surface area (Å²) in [5.74, 6) is 0.264. The summed E-state index contributed by atoms with van der Waals surface area (Å²) in [5.41, 5.74) is -1.03. The van der Waals surface area contributed by atoms with Crippen LogP contribution in [-0.4, -0.2) is 77.2 Å². The molecule has 0 aromatic heterocycles. The maximum atomic E-state index is 13.0. The van der Waals surface area contributed by atoms with Crippen LogP contribution >= 0.6 is 11.8 Å². The van der Waals surface area contributed by atoms with Crippen molar-refractivity contribution in [3.63, 3.8) is 0 Å². The molecule has 0 aromatic carbocycles. The Labute approximate surface area is 152 Å². The second kappa shape index (κ2) is 7.53. The molecule has 2 atom stereocenters. The van der Waals surface area contributed by atoms with Crippen LogP contribution in [0.5, 0.6) is 0 Å². The van der Waals surface area contributed by atoms with E-state index in [1.165, 1.54) is 7.11 Å². The van der Waals surface area contributed by atoms with Crippen LogP contribution in [-0.2, 0) is 19.1 Å². The number of carboxylic acids is 1. The highest BCUT2D eigenvalue weighted by Crippen LogP contribution is 2.35. The van der Waals surface area contributed by atoms with Crippen LogP contribution in [0.25, 0.3) is 0 Å². The van der Waals surface area contributed by atoms with Gasteiger partial charge in [-0.25, -0.2) is 0 Å². The number of hydrogen-bond acceptors (Lipinski definition) is 5. The zero-order valence-electron chi connectivity index (χ0n) is 14.6. The van der Waals surface area contributed by atoms with E-state index in [-0.39, 0.29) is 30.9 Å². The number of hydrogen-bond donors (Lipinski definition) is 1. The molecule has 7 nitrogen and oxygen atoms in total. The molecule has 8 heteroatoms. The third kappa shape index (κ3) is 3.51. The Bertz CT molecular complexity index is 551. The summed E-state index contributed by atoms with van der Waals surface area (Å²) in [6, 6.07) is -0.453. The maximum absolute atomic E-state index is 13.0. The van der Waals surface area contributed by atoms with Gasteiger partial charge in [0, 0.05) is 31.9 Å². The highest BCUT2D eigenvalue weighted by atomic mass is 32.2. The van der Waals surface area contributed by atoms with Crippen molar-refractivity contribution >= 4 is 29.5 Å². The molecule has 0 bridgehead atoms. The first kappa shape index (κ1) is 18.5. The average Bonchev–Trinajstić information content (AvgIpc) is 3.33. The molecule has 1 aliphatic carbocycles. The number of rotatable bonds is 5. The zero-order valence-corrected chi connectivity index (χ0v) is 15.4. The highest BCUT2D eigenvalue weighted by Gasteiger charge is 2.49. The van der Waals surface area contributed by atoms with Crippen LogP contribution in [0.2, 0.25) is 0 Å². The lowest BCUT2D eigenvalue weighted by Crippen LogP contribution is -2.50. The second-order valence-electron chi connectivity index (χ2n) is 7.33. The van der Waals surface area contributed by atoms with Crippen molar-refractivity contribution in [3.8, 4) is 0 Å². The van der Waals surface area contributed by atoms with Crippen molar-refractivity contribution in [2.24, 2.45) is 11.3 Å². The molecule has 1 saturated carbocycles. The topological polar surface area (TPSA) is 87.2 Å². The van der Waals surface area contributed by atoms with E-state index in [1.54, 1.807) is 21.6 Å². The number of amides is 2. The number of ether oxygens (including phenoxy) is 1. The van der Waals surface area contributed by atoms with Gasteiger partial charge in [0.1, 0.15) is 11.5 Å². The number of methoxy groups -OCH3 is 1. The fraction of sp³-hybridized carbons (Fsp3) is 0.824. The maximum Gasteiger partial charge on any atom is 0.313 e. The zero-order chi connectivity index (χ0) is 18.0. The van der Waals surface area contributed by atoms with E-state index < -0.39 is 17.4 Å². The normalized spacial score (nSPS) is 30.2. The van der Waals surface area contributed by atoms with Gasteiger partial charge in [0.05, 0.1) is 12.5 Å². The lowest BCUT2D eigenvalue weighted by Gasteiger charge is -2.30. The monoisotopic (exact) mass is 370 g/mol. The van der Waals surface area contributed by atoms with Crippen LogP contribution in [0.3, 0.4) is 0 Å². The number of likely N-dealkylation sites (tertiary alicyclic amines) is 1. The number of carbonyl (C=O) groups excluding carboxylic acids is 2. The van der Waals surface area contributed by atoms with Gasteiger partial charge in [0.25, 0.3) is 0 Å². The first-order chi connectivity index (χ1) is 12.0. The number of carbonyl (C=O) groups is 3. The fourth-order valence-corrected chi connectivity index (χ4v) is 5.33. The molecule has 2 amide bonds. The molecule has 0 aromatic rings. The van der Waals surface area contributed by atoms with E-state index in [0.29, 0.717) is 24.6 Å². The Morgan fingerprint density at radius 3 is 2.60 bits per heavy atom. The molecule has 25 heavy (non-hydrogen) atoms. The molecule has 2 heterocycles. The summed E-state index contributed by atoms with van der Waals surface area (Å²) >= 11 is 1.60. The predicted octanol–water partition coefficient (Wildman–Crippen LogP) is 1.03. The molecule has 0 spiro atoms. The standard InChI is InChI=1S/C17H26N2O5S/c1-24-10-17(16(22)23)6-7-18(9-17)15(21)13-8-25-11-19(13)14(20)12-4-2-3-5-12/h12-13H,2-11H2,1H3,(H,22,23). The Kier molecular flexibility index (Phi) is 5.58. The van der Waals surface area contributed by atoms with Crippen molar-refractivity contribution in [1.82, 2.24) is 9.80 Å². The lowest BCUT2D eigenvalue weighted by atomic mass is 9.88. The molecule has 2 aliphatic heterocycles. The van der Waals surface area contributed by atoms with E-state index in [4.69, 9.17) is 4.74 Å². The molecule has 2 unspecified atom stereocenters. The fourth-order valence-electron chi connectivity index (χ4n) is 4.17. The average molecular weight is 370 g/mol. The number of nitrogens with zero attached hydrogens (tertiary/aromatic N) is 2. The van der Waals surface area contributed by atoms with Gasteiger partial charge in [-0.2, -0.15) is 0 Å². The lowest BCUT2D eigenvalue weighted by molar-refractivity contribution is -0.152. The van der Waals surface area contributed by atoms with Gasteiger partial charge in [0.2, 0.25) is 11.8 Å². The molecule has 3 aliphatic rings. The minimum atomic E-state index is -1.03. The molecular formula is C17H26N2O5S. The Morgan fingerprint density at radius 2 is 1.96 bits per heavy atom. The van der Waals surface area contributed by atoms with Gasteiger partial charge < -0.3 is 19.6 Å². The number of thioether (sulfide) groups is 1. The summed E-state index contributed by atoms with van der Waals surface area (Å²) in [6.07, 6.45) is 4.39. The summed E-state index contributed by atoms with van der Waals surface area (Å²) < 4.78 is 5.08. The minimum absolute atomic E-state index is 0.0548. The Morgan fingerprint density at radius 1 is 1.24 bits per heavy atom. The van der Waals surface area contributed by atoms with Gasteiger partial charge in [-0.1, -0.05) is 12.8 Å². The molecule has 0 radical (unpaired) electrons. The van der Waals surface area contributed by atoms with Gasteiger partial charge in [0.15, 0.2) is 0 Å². The minimum Gasteiger partial charge on any atom is -0.481 e. The third-order valence-electron chi connectivity index (χ3n) is 5.69. The molecule has 2 saturated heterocycles. The van der Waals surface area contributed by atoms with Crippen LogP contribution < -0.4 is 0 Å². The smallest absolute Gasteiger partial charge is 0.313 e. The Balaban J connectivity index is 1.67. The number of aliphatic carboxylic acids is 1. The summed E-state index contributed by atoms with van der Waals surface area (Å²) in [5, 5.41) is 9.56. The largest absolute Gasteiger partial charge is 0.481 e. The van der Waals surface area contributed by atoms with Crippen molar-refractivity contribution in [2.75, 3.05) is 38.4 Å². The van der Waals surface area contributed by atoms with Crippen LogP contribution in [0.15, 0.2) is 0 Å². The van der Waals surface area contributed by atoms with Crippen molar-refractivity contribution in [3.05, 3.63) is 0 Å². The first-order valence-corrected chi connectivity index (χ1v) is 10.0. The van der Waals surface area contributed by atoms with Crippen molar-refractivity contribution in [2.45, 2.75) is 38.1 Å². The van der Waals surface area contributed by atoms with Gasteiger partial charge in [-0.3, -0.25) is 14.4 Å². The highest BCUT2D eigenvalue weighted by molar-refractivity contribution is 7.99. The molecule has 3 rings (SSSR count). The summed E-state index contributed by atoms with van der Waals surface area (Å²) in [4.78, 5) is 40.7. The van der Waals surface area contributed by atoms with Crippen LogP contribution in [0.4, 0.5) is 0 Å². The van der Waals surface area contributed by atoms with E-state index in [0.717, 1.165) is 25.7 Å². The van der Waals surface area contributed by atoms with Gasteiger partial charge >= 0.3 is 5.97 Å². The number of carboxylic acid groups (broad SMARTS) is 1.